The second-order valence-corrected chi connectivity index (χ2v) is 4.12. The molecule has 0 aliphatic rings. The van der Waals surface area contributed by atoms with Crippen LogP contribution in [0.5, 0.6) is 0 Å². The van der Waals surface area contributed by atoms with Gasteiger partial charge >= 0.3 is 5.97 Å². The summed E-state index contributed by atoms with van der Waals surface area (Å²) < 4.78 is 25.9. The SMILES string of the molecule is CC(C)(c1cc(F)cc(F)c1)C(O)C(=O)O. The van der Waals surface area contributed by atoms with E-state index >= 15 is 0 Å². The molecular weight excluding hydrogens is 218 g/mol. The Balaban J connectivity index is 3.20. The van der Waals surface area contributed by atoms with Gasteiger partial charge in [-0.05, 0) is 17.7 Å². The van der Waals surface area contributed by atoms with Gasteiger partial charge in [0.15, 0.2) is 6.10 Å². The van der Waals surface area contributed by atoms with Gasteiger partial charge < -0.3 is 10.2 Å². The Morgan fingerprint density at radius 3 is 2.06 bits per heavy atom. The van der Waals surface area contributed by atoms with Gasteiger partial charge in [-0.2, -0.15) is 0 Å². The fourth-order valence-corrected chi connectivity index (χ4v) is 1.39. The molecule has 0 aliphatic heterocycles. The maximum absolute atomic E-state index is 13.0. The smallest absolute Gasteiger partial charge is 0.333 e. The van der Waals surface area contributed by atoms with E-state index in [0.717, 1.165) is 12.1 Å². The van der Waals surface area contributed by atoms with Crippen molar-refractivity contribution in [3.8, 4) is 0 Å². The molecule has 1 rings (SSSR count). The van der Waals surface area contributed by atoms with Crippen LogP contribution < -0.4 is 0 Å². The highest BCUT2D eigenvalue weighted by Gasteiger charge is 2.35. The highest BCUT2D eigenvalue weighted by Crippen LogP contribution is 2.28. The lowest BCUT2D eigenvalue weighted by Crippen LogP contribution is -2.40. The minimum atomic E-state index is -1.73. The monoisotopic (exact) mass is 230 g/mol. The number of hydrogen-bond acceptors (Lipinski definition) is 2. The Morgan fingerprint density at radius 2 is 1.69 bits per heavy atom. The number of carbonyl (C=O) groups is 1. The third-order valence-electron chi connectivity index (χ3n) is 2.52. The minimum absolute atomic E-state index is 0.0971. The van der Waals surface area contributed by atoms with Gasteiger partial charge in [-0.1, -0.05) is 13.8 Å². The van der Waals surface area contributed by atoms with Crippen LogP contribution in [0.15, 0.2) is 18.2 Å². The fourth-order valence-electron chi connectivity index (χ4n) is 1.39. The lowest BCUT2D eigenvalue weighted by atomic mass is 9.79. The first-order valence-corrected chi connectivity index (χ1v) is 4.62. The average Bonchev–Trinajstić information content (AvgIpc) is 2.14. The lowest BCUT2D eigenvalue weighted by molar-refractivity contribution is -0.150. The molecule has 0 radical (unpaired) electrons. The van der Waals surface area contributed by atoms with E-state index in [1.165, 1.54) is 13.8 Å². The van der Waals surface area contributed by atoms with Crippen LogP contribution in [0.4, 0.5) is 8.78 Å². The van der Waals surface area contributed by atoms with E-state index in [1.807, 2.05) is 0 Å². The molecule has 88 valence electrons. The summed E-state index contributed by atoms with van der Waals surface area (Å²) in [7, 11) is 0. The number of hydrogen-bond donors (Lipinski definition) is 2. The van der Waals surface area contributed by atoms with Crippen LogP contribution in [0.25, 0.3) is 0 Å². The van der Waals surface area contributed by atoms with E-state index in [0.29, 0.717) is 6.07 Å². The summed E-state index contributed by atoms with van der Waals surface area (Å²) in [6.07, 6.45) is -1.73. The van der Waals surface area contributed by atoms with Crippen LogP contribution in [0.1, 0.15) is 19.4 Å². The summed E-state index contributed by atoms with van der Waals surface area (Å²) in [5, 5.41) is 18.1. The summed E-state index contributed by atoms with van der Waals surface area (Å²) in [6.45, 7) is 2.81. The zero-order chi connectivity index (χ0) is 12.5. The molecule has 1 atom stereocenters. The van der Waals surface area contributed by atoms with Crippen molar-refractivity contribution in [3.05, 3.63) is 35.4 Å². The Kier molecular flexibility index (Phi) is 3.28. The molecule has 0 heterocycles. The van der Waals surface area contributed by atoms with Crippen molar-refractivity contribution in [1.82, 2.24) is 0 Å². The maximum atomic E-state index is 13.0. The number of rotatable bonds is 3. The first-order valence-electron chi connectivity index (χ1n) is 4.62. The zero-order valence-electron chi connectivity index (χ0n) is 8.87. The van der Waals surface area contributed by atoms with Crippen molar-refractivity contribution < 1.29 is 23.8 Å². The first-order chi connectivity index (χ1) is 7.25. The molecule has 1 unspecified atom stereocenters. The van der Waals surface area contributed by atoms with Gasteiger partial charge in [0.25, 0.3) is 0 Å². The van der Waals surface area contributed by atoms with E-state index < -0.39 is 29.1 Å². The number of aliphatic hydroxyl groups excluding tert-OH is 1. The molecule has 1 aromatic rings. The van der Waals surface area contributed by atoms with Gasteiger partial charge in [-0.15, -0.1) is 0 Å². The molecule has 1 aromatic carbocycles. The Bertz CT molecular complexity index is 395. The van der Waals surface area contributed by atoms with Gasteiger partial charge in [0.05, 0.1) is 0 Å². The van der Waals surface area contributed by atoms with Gasteiger partial charge in [0.2, 0.25) is 0 Å². The third-order valence-corrected chi connectivity index (χ3v) is 2.52. The van der Waals surface area contributed by atoms with E-state index in [-0.39, 0.29) is 5.56 Å². The van der Waals surface area contributed by atoms with E-state index in [4.69, 9.17) is 5.11 Å². The van der Waals surface area contributed by atoms with Crippen LogP contribution >= 0.6 is 0 Å². The van der Waals surface area contributed by atoms with Crippen LogP contribution in [0.2, 0.25) is 0 Å². The largest absolute Gasteiger partial charge is 0.479 e. The number of carboxylic acids is 1. The maximum Gasteiger partial charge on any atom is 0.333 e. The second kappa shape index (κ2) is 4.17. The van der Waals surface area contributed by atoms with E-state index in [1.54, 1.807) is 0 Å². The predicted octanol–water partition coefficient (Wildman–Crippen LogP) is 1.69. The molecule has 0 amide bonds. The number of aliphatic carboxylic acids is 1. The van der Waals surface area contributed by atoms with Crippen LogP contribution in [-0.4, -0.2) is 22.3 Å². The Morgan fingerprint density at radius 1 is 1.25 bits per heavy atom. The second-order valence-electron chi connectivity index (χ2n) is 4.12. The lowest BCUT2D eigenvalue weighted by Gasteiger charge is -2.28. The van der Waals surface area contributed by atoms with Gasteiger partial charge in [-0.25, -0.2) is 13.6 Å². The summed E-state index contributed by atoms with van der Waals surface area (Å²) >= 11 is 0. The highest BCUT2D eigenvalue weighted by atomic mass is 19.1. The molecule has 0 spiro atoms. The fraction of sp³-hybridized carbons (Fsp3) is 0.364. The van der Waals surface area contributed by atoms with Crippen molar-refractivity contribution in [3.63, 3.8) is 0 Å². The van der Waals surface area contributed by atoms with Crippen molar-refractivity contribution >= 4 is 5.97 Å². The summed E-state index contributed by atoms with van der Waals surface area (Å²) in [4.78, 5) is 10.7. The van der Waals surface area contributed by atoms with Gasteiger partial charge in [0, 0.05) is 11.5 Å². The molecule has 0 fully saturated rings. The van der Waals surface area contributed by atoms with Crippen molar-refractivity contribution in [2.24, 2.45) is 0 Å². The number of carboxylic acid groups (broad SMARTS) is 1. The molecule has 5 heteroatoms. The number of benzene rings is 1. The molecule has 0 saturated carbocycles. The average molecular weight is 230 g/mol. The molecule has 3 nitrogen and oxygen atoms in total. The molecule has 2 N–H and O–H groups in total. The molecule has 0 aliphatic carbocycles. The number of halogens is 2. The highest BCUT2D eigenvalue weighted by molar-refractivity contribution is 5.74. The molecule has 16 heavy (non-hydrogen) atoms. The van der Waals surface area contributed by atoms with Crippen molar-refractivity contribution in [2.75, 3.05) is 0 Å². The topological polar surface area (TPSA) is 57.5 Å². The summed E-state index contributed by atoms with van der Waals surface area (Å²) in [5.41, 5.74) is -1.17. The Hall–Kier alpha value is -1.49. The molecule has 0 saturated heterocycles. The van der Waals surface area contributed by atoms with Crippen molar-refractivity contribution in [1.29, 1.82) is 0 Å². The normalized spacial score (nSPS) is 13.6. The van der Waals surface area contributed by atoms with Crippen molar-refractivity contribution in [2.45, 2.75) is 25.4 Å². The quantitative estimate of drug-likeness (QED) is 0.830. The molecule has 0 bridgehead atoms. The number of aliphatic hydroxyl groups is 1. The van der Waals surface area contributed by atoms with Gasteiger partial charge in [-0.3, -0.25) is 0 Å². The Labute approximate surface area is 91.3 Å². The van der Waals surface area contributed by atoms with Crippen LogP contribution in [0.3, 0.4) is 0 Å². The third kappa shape index (κ3) is 2.36. The predicted molar refractivity (Wildman–Crippen MR) is 53.0 cm³/mol. The zero-order valence-corrected chi connectivity index (χ0v) is 8.87. The summed E-state index contributed by atoms with van der Waals surface area (Å²) in [6, 6.07) is 2.71. The summed E-state index contributed by atoms with van der Waals surface area (Å²) in [5.74, 6) is -3.05. The van der Waals surface area contributed by atoms with Crippen LogP contribution in [-0.2, 0) is 10.2 Å². The standard InChI is InChI=1S/C11H12F2O3/c1-11(2,9(14)10(15)16)6-3-7(12)5-8(13)4-6/h3-5,9,14H,1-2H3,(H,15,16). The van der Waals surface area contributed by atoms with Crippen LogP contribution in [0, 0.1) is 11.6 Å². The molecular formula is C11H12F2O3. The molecule has 0 aromatic heterocycles. The first kappa shape index (κ1) is 12.6. The van der Waals surface area contributed by atoms with E-state index in [2.05, 4.69) is 0 Å². The van der Waals surface area contributed by atoms with Gasteiger partial charge in [0.1, 0.15) is 11.6 Å². The van der Waals surface area contributed by atoms with E-state index in [9.17, 15) is 18.7 Å². The minimum Gasteiger partial charge on any atom is -0.479 e.